The number of anilines is 1. The summed E-state index contributed by atoms with van der Waals surface area (Å²) in [5.74, 6) is 1.54. The average Bonchev–Trinajstić information content (AvgIpc) is 2.38. The maximum absolute atomic E-state index is 11.9. The maximum atomic E-state index is 11.9. The van der Waals surface area contributed by atoms with Crippen molar-refractivity contribution in [3.8, 4) is 0 Å². The molecule has 0 bridgehead atoms. The van der Waals surface area contributed by atoms with E-state index in [1.54, 1.807) is 18.7 Å². The van der Waals surface area contributed by atoms with E-state index in [4.69, 9.17) is 0 Å². The fourth-order valence-electron chi connectivity index (χ4n) is 2.18. The van der Waals surface area contributed by atoms with E-state index in [2.05, 4.69) is 0 Å². The largest absolute Gasteiger partial charge is 0.389 e. The summed E-state index contributed by atoms with van der Waals surface area (Å²) in [7, 11) is -3.09. The molecule has 0 aliphatic carbocycles. The minimum atomic E-state index is -3.09. The van der Waals surface area contributed by atoms with Gasteiger partial charge in [0, 0.05) is 30.0 Å². The van der Waals surface area contributed by atoms with Gasteiger partial charge in [0.2, 0.25) is 0 Å². The Morgan fingerprint density at radius 1 is 1.37 bits per heavy atom. The molecule has 0 saturated carbocycles. The van der Waals surface area contributed by atoms with Crippen molar-refractivity contribution >= 4 is 27.3 Å². The summed E-state index contributed by atoms with van der Waals surface area (Å²) in [5, 5.41) is 9.04. The number of nitrogens with zero attached hydrogens (tertiary/aromatic N) is 1. The number of benzene rings is 1. The van der Waals surface area contributed by atoms with Gasteiger partial charge in [-0.3, -0.25) is 0 Å². The quantitative estimate of drug-likeness (QED) is 0.920. The third-order valence-electron chi connectivity index (χ3n) is 3.29. The lowest BCUT2D eigenvalue weighted by Crippen LogP contribution is -2.47. The monoisotopic (exact) mass is 301 g/mol. The van der Waals surface area contributed by atoms with Gasteiger partial charge in [-0.25, -0.2) is 8.42 Å². The lowest BCUT2D eigenvalue weighted by Gasteiger charge is -2.36. The molecule has 6 heteroatoms. The summed E-state index contributed by atoms with van der Waals surface area (Å²) < 4.78 is 23.7. The molecule has 1 aromatic rings. The van der Waals surface area contributed by atoms with Crippen LogP contribution in [0, 0.1) is 0 Å². The van der Waals surface area contributed by atoms with Crippen LogP contribution in [0.4, 0.5) is 5.69 Å². The molecular weight excluding hydrogens is 282 g/mol. The molecule has 19 heavy (non-hydrogen) atoms. The van der Waals surface area contributed by atoms with E-state index in [1.807, 2.05) is 29.2 Å². The van der Waals surface area contributed by atoms with E-state index in [1.165, 1.54) is 6.26 Å². The predicted molar refractivity (Wildman–Crippen MR) is 80.4 cm³/mol. The normalized spacial score (nSPS) is 22.3. The second kappa shape index (κ2) is 5.73. The van der Waals surface area contributed by atoms with Gasteiger partial charge in [0.1, 0.15) is 5.37 Å². The van der Waals surface area contributed by atoms with Gasteiger partial charge in [0.05, 0.1) is 6.10 Å². The van der Waals surface area contributed by atoms with Crippen molar-refractivity contribution in [2.24, 2.45) is 0 Å². The van der Waals surface area contributed by atoms with Crippen molar-refractivity contribution < 1.29 is 13.5 Å². The van der Waals surface area contributed by atoms with Crippen molar-refractivity contribution in [2.75, 3.05) is 29.2 Å². The molecule has 0 amide bonds. The molecule has 4 nitrogen and oxygen atoms in total. The molecule has 2 rings (SSSR count). The molecule has 106 valence electrons. The summed E-state index contributed by atoms with van der Waals surface area (Å²) in [5.41, 5.74) is 1.74. The molecule has 1 fully saturated rings. The van der Waals surface area contributed by atoms with Crippen LogP contribution in [0.5, 0.6) is 0 Å². The number of sulfone groups is 1. The van der Waals surface area contributed by atoms with E-state index in [0.29, 0.717) is 5.75 Å². The van der Waals surface area contributed by atoms with E-state index in [9.17, 15) is 13.5 Å². The highest BCUT2D eigenvalue weighted by molar-refractivity contribution is 8.01. The molecule has 0 radical (unpaired) electrons. The first kappa shape index (κ1) is 14.7. The summed E-state index contributed by atoms with van der Waals surface area (Å²) in [6.07, 6.45) is 0.789. The van der Waals surface area contributed by atoms with Gasteiger partial charge >= 0.3 is 0 Å². The van der Waals surface area contributed by atoms with Crippen LogP contribution in [-0.2, 0) is 9.84 Å². The molecular formula is C13H19NO3S2. The zero-order valence-corrected chi connectivity index (χ0v) is 12.7. The van der Waals surface area contributed by atoms with E-state index >= 15 is 0 Å². The third-order valence-corrected chi connectivity index (χ3v) is 5.93. The summed E-state index contributed by atoms with van der Waals surface area (Å²) >= 11 is 1.68. The van der Waals surface area contributed by atoms with E-state index in [0.717, 1.165) is 23.5 Å². The Bertz CT molecular complexity index is 525. The number of thioether (sulfide) groups is 1. The molecule has 2 atom stereocenters. The average molecular weight is 301 g/mol. The Morgan fingerprint density at radius 2 is 2.00 bits per heavy atom. The third kappa shape index (κ3) is 3.43. The molecule has 0 aromatic heterocycles. The maximum Gasteiger partial charge on any atom is 0.169 e. The Morgan fingerprint density at radius 3 is 2.53 bits per heavy atom. The van der Waals surface area contributed by atoms with Gasteiger partial charge in [-0.15, -0.1) is 0 Å². The van der Waals surface area contributed by atoms with Gasteiger partial charge in [-0.1, -0.05) is 12.1 Å². The molecule has 1 N–H and O–H groups in total. The van der Waals surface area contributed by atoms with Crippen molar-refractivity contribution in [3.05, 3.63) is 29.8 Å². The van der Waals surface area contributed by atoms with Gasteiger partial charge < -0.3 is 10.0 Å². The second-order valence-corrected chi connectivity index (χ2v) is 8.17. The van der Waals surface area contributed by atoms with Crippen LogP contribution in [0.25, 0.3) is 0 Å². The number of hydrogen-bond acceptors (Lipinski definition) is 5. The first-order valence-corrected chi connectivity index (χ1v) is 9.32. The lowest BCUT2D eigenvalue weighted by molar-refractivity contribution is 0.199. The summed E-state index contributed by atoms with van der Waals surface area (Å²) in [6, 6.07) is 7.47. The van der Waals surface area contributed by atoms with Crippen LogP contribution in [0.1, 0.15) is 18.6 Å². The molecule has 1 saturated heterocycles. The predicted octanol–water partition coefficient (Wildman–Crippen LogP) is 1.66. The Hall–Kier alpha value is -0.720. The number of hydrogen-bond donors (Lipinski definition) is 1. The molecule has 1 aliphatic rings. The van der Waals surface area contributed by atoms with Crippen LogP contribution in [0.2, 0.25) is 0 Å². The van der Waals surface area contributed by atoms with Crippen LogP contribution in [0.3, 0.4) is 0 Å². The fourth-order valence-corrected chi connectivity index (χ4v) is 5.02. The van der Waals surface area contributed by atoms with E-state index < -0.39 is 21.3 Å². The standard InChI is InChI=1S/C13H19NO3S2/c1-10(15)11-3-5-12(6-4-11)14-7-8-18-9-13(14)19(2,16)17/h3-6,10,13,15H,7-9H2,1-2H3/t10-,13?/m1/s1. The Kier molecular flexibility index (Phi) is 4.43. The van der Waals surface area contributed by atoms with Gasteiger partial charge in [0.25, 0.3) is 0 Å². The van der Waals surface area contributed by atoms with Gasteiger partial charge in [-0.2, -0.15) is 11.8 Å². The van der Waals surface area contributed by atoms with Crippen molar-refractivity contribution in [1.29, 1.82) is 0 Å². The van der Waals surface area contributed by atoms with Crippen molar-refractivity contribution in [3.63, 3.8) is 0 Å². The summed E-state index contributed by atoms with van der Waals surface area (Å²) in [6.45, 7) is 2.45. The summed E-state index contributed by atoms with van der Waals surface area (Å²) in [4.78, 5) is 1.94. The zero-order valence-electron chi connectivity index (χ0n) is 11.1. The first-order valence-electron chi connectivity index (χ1n) is 6.21. The topological polar surface area (TPSA) is 57.6 Å². The molecule has 1 aromatic carbocycles. The van der Waals surface area contributed by atoms with Crippen LogP contribution >= 0.6 is 11.8 Å². The van der Waals surface area contributed by atoms with Gasteiger partial charge in [-0.05, 0) is 24.6 Å². The first-order chi connectivity index (χ1) is 8.89. The fraction of sp³-hybridized carbons (Fsp3) is 0.538. The van der Waals surface area contributed by atoms with Crippen LogP contribution in [-0.4, -0.2) is 43.2 Å². The Balaban J connectivity index is 2.27. The molecule has 0 spiro atoms. The van der Waals surface area contributed by atoms with Crippen molar-refractivity contribution in [1.82, 2.24) is 0 Å². The Labute approximate surface area is 118 Å². The van der Waals surface area contributed by atoms with Crippen LogP contribution in [0.15, 0.2) is 24.3 Å². The molecule has 1 heterocycles. The van der Waals surface area contributed by atoms with Crippen molar-refractivity contribution in [2.45, 2.75) is 18.4 Å². The minimum absolute atomic E-state index is 0.455. The highest BCUT2D eigenvalue weighted by atomic mass is 32.2. The lowest BCUT2D eigenvalue weighted by atomic mass is 10.1. The van der Waals surface area contributed by atoms with Gasteiger partial charge in [0.15, 0.2) is 9.84 Å². The number of rotatable bonds is 3. The smallest absolute Gasteiger partial charge is 0.169 e. The highest BCUT2D eigenvalue weighted by Crippen LogP contribution is 2.27. The minimum Gasteiger partial charge on any atom is -0.389 e. The highest BCUT2D eigenvalue weighted by Gasteiger charge is 2.31. The molecule has 1 unspecified atom stereocenters. The van der Waals surface area contributed by atoms with Crippen LogP contribution < -0.4 is 4.90 Å². The number of aliphatic hydroxyl groups is 1. The zero-order chi connectivity index (χ0) is 14.0. The second-order valence-electron chi connectivity index (χ2n) is 4.82. The molecule has 1 aliphatic heterocycles. The number of aliphatic hydroxyl groups excluding tert-OH is 1. The van der Waals surface area contributed by atoms with E-state index in [-0.39, 0.29) is 0 Å². The SMILES string of the molecule is C[C@@H](O)c1ccc(N2CCSCC2S(C)(=O)=O)cc1.